The number of benzene rings is 2. The third-order valence-corrected chi connectivity index (χ3v) is 5.34. The van der Waals surface area contributed by atoms with Gasteiger partial charge in [-0.2, -0.15) is 9.61 Å². The van der Waals surface area contributed by atoms with Gasteiger partial charge < -0.3 is 10.1 Å². The minimum Gasteiger partial charge on any atom is -0.456 e. The smallest absolute Gasteiger partial charge is 0.338 e. The molecule has 0 aliphatic rings. The fraction of sp³-hybridized carbons (Fsp3) is 0.136. The number of ether oxygens (including phenoxy) is 1. The molecule has 9 heteroatoms. The Morgan fingerprint density at radius 1 is 1.10 bits per heavy atom. The van der Waals surface area contributed by atoms with E-state index in [1.165, 1.54) is 21.9 Å². The number of anilines is 1. The van der Waals surface area contributed by atoms with Crippen LogP contribution in [0.5, 0.6) is 0 Å². The molecule has 4 rings (SSSR count). The van der Waals surface area contributed by atoms with Crippen molar-refractivity contribution in [2.75, 3.05) is 5.32 Å². The Bertz CT molecular complexity index is 1340. The number of esters is 1. The molecule has 0 saturated carbocycles. The second-order valence-corrected chi connectivity index (χ2v) is 7.98. The number of nitrogens with zero attached hydrogens (tertiary/aromatic N) is 3. The second-order valence-electron chi connectivity index (χ2n) is 6.82. The van der Waals surface area contributed by atoms with Crippen LogP contribution in [0.4, 0.5) is 5.69 Å². The van der Waals surface area contributed by atoms with Gasteiger partial charge in [0.05, 0.1) is 11.3 Å². The fourth-order valence-corrected chi connectivity index (χ4v) is 3.73. The number of carbonyl (C=O) groups excluding carboxylic acids is 2. The van der Waals surface area contributed by atoms with E-state index in [1.54, 1.807) is 43.3 Å². The van der Waals surface area contributed by atoms with Crippen molar-refractivity contribution in [1.82, 2.24) is 14.6 Å². The topological polar surface area (TPSA) is 103 Å². The maximum atomic E-state index is 12.4. The van der Waals surface area contributed by atoms with E-state index < -0.39 is 5.97 Å². The monoisotopic (exact) mass is 434 g/mol. The van der Waals surface area contributed by atoms with E-state index in [9.17, 15) is 14.4 Å². The van der Waals surface area contributed by atoms with Gasteiger partial charge in [0.25, 0.3) is 11.5 Å². The van der Waals surface area contributed by atoms with Crippen LogP contribution < -0.4 is 10.9 Å². The molecule has 31 heavy (non-hydrogen) atoms. The molecule has 2 aromatic heterocycles. The number of hydrogen-bond acceptors (Lipinski definition) is 7. The molecule has 0 unspecified atom stereocenters. The molecule has 156 valence electrons. The van der Waals surface area contributed by atoms with Crippen molar-refractivity contribution < 1.29 is 14.3 Å². The number of rotatable bonds is 5. The summed E-state index contributed by atoms with van der Waals surface area (Å²) >= 11 is 1.28. The molecule has 0 radical (unpaired) electrons. The number of amides is 1. The van der Waals surface area contributed by atoms with Crippen LogP contribution in [-0.2, 0) is 11.3 Å². The Balaban J connectivity index is 1.40. The average Bonchev–Trinajstić information content (AvgIpc) is 3.13. The van der Waals surface area contributed by atoms with E-state index in [0.717, 1.165) is 5.56 Å². The second kappa shape index (κ2) is 8.49. The van der Waals surface area contributed by atoms with Gasteiger partial charge in [0, 0.05) is 17.3 Å². The molecule has 0 fully saturated rings. The van der Waals surface area contributed by atoms with Crippen LogP contribution in [0.15, 0.2) is 59.4 Å². The molecule has 0 saturated heterocycles. The van der Waals surface area contributed by atoms with Crippen molar-refractivity contribution in [2.24, 2.45) is 0 Å². The molecule has 0 bridgehead atoms. The van der Waals surface area contributed by atoms with Gasteiger partial charge in [-0.3, -0.25) is 9.59 Å². The minimum absolute atomic E-state index is 0.132. The summed E-state index contributed by atoms with van der Waals surface area (Å²) in [7, 11) is 0. The summed E-state index contributed by atoms with van der Waals surface area (Å²) in [6.07, 6.45) is 0. The molecule has 1 N–H and O–H groups in total. The summed E-state index contributed by atoms with van der Waals surface area (Å²) in [5.74, 6) is -0.779. The SMILES string of the molecule is Cc1nn2c(=O)cc(COC(=O)c3ccc(NC(=O)c4ccccc4C)cc3)nc2s1. The first-order valence-corrected chi connectivity index (χ1v) is 10.2. The van der Waals surface area contributed by atoms with Crippen LogP contribution >= 0.6 is 11.3 Å². The number of fused-ring (bicyclic) bond motifs is 1. The van der Waals surface area contributed by atoms with Gasteiger partial charge in [-0.25, -0.2) is 9.78 Å². The van der Waals surface area contributed by atoms with Crippen molar-refractivity contribution >= 4 is 33.9 Å². The van der Waals surface area contributed by atoms with Crippen molar-refractivity contribution in [3.8, 4) is 0 Å². The first kappa shape index (κ1) is 20.4. The Labute approximate surface area is 181 Å². The maximum Gasteiger partial charge on any atom is 0.338 e. The van der Waals surface area contributed by atoms with E-state index in [0.29, 0.717) is 32.5 Å². The van der Waals surface area contributed by atoms with Crippen LogP contribution in [0.25, 0.3) is 4.96 Å². The van der Waals surface area contributed by atoms with E-state index in [4.69, 9.17) is 4.74 Å². The summed E-state index contributed by atoms with van der Waals surface area (Å²) in [5.41, 5.74) is 2.37. The van der Waals surface area contributed by atoms with Gasteiger partial charge in [-0.15, -0.1) is 0 Å². The van der Waals surface area contributed by atoms with Gasteiger partial charge in [-0.05, 0) is 49.7 Å². The zero-order valence-corrected chi connectivity index (χ0v) is 17.6. The van der Waals surface area contributed by atoms with Gasteiger partial charge >= 0.3 is 5.97 Å². The summed E-state index contributed by atoms with van der Waals surface area (Å²) in [5, 5.41) is 7.59. The third kappa shape index (κ3) is 4.51. The van der Waals surface area contributed by atoms with Crippen LogP contribution in [0.2, 0.25) is 0 Å². The Hall–Kier alpha value is -3.85. The molecule has 4 aromatic rings. The molecular formula is C22H18N4O4S. The molecule has 1 amide bonds. The normalized spacial score (nSPS) is 10.8. The Morgan fingerprint density at radius 3 is 2.58 bits per heavy atom. The molecule has 0 aliphatic carbocycles. The fourth-order valence-electron chi connectivity index (χ4n) is 2.96. The lowest BCUT2D eigenvalue weighted by molar-refractivity contribution is 0.0467. The van der Waals surface area contributed by atoms with Crippen molar-refractivity contribution in [1.29, 1.82) is 0 Å². The van der Waals surface area contributed by atoms with E-state index in [1.807, 2.05) is 19.1 Å². The largest absolute Gasteiger partial charge is 0.456 e. The Morgan fingerprint density at radius 2 is 1.84 bits per heavy atom. The van der Waals surface area contributed by atoms with E-state index >= 15 is 0 Å². The summed E-state index contributed by atoms with van der Waals surface area (Å²) < 4.78 is 6.50. The quantitative estimate of drug-likeness (QED) is 0.483. The molecule has 0 atom stereocenters. The standard InChI is InChI=1S/C22H18N4O4S/c1-13-5-3-4-6-18(13)20(28)23-16-9-7-15(8-10-16)21(29)30-12-17-11-19(27)26-22(24-17)31-14(2)25-26/h3-11H,12H2,1-2H3,(H,23,28). The zero-order chi connectivity index (χ0) is 22.0. The molecule has 2 aromatic carbocycles. The summed E-state index contributed by atoms with van der Waals surface area (Å²) in [6, 6.07) is 15.0. The molecular weight excluding hydrogens is 416 g/mol. The Kier molecular flexibility index (Phi) is 5.59. The highest BCUT2D eigenvalue weighted by Crippen LogP contribution is 2.15. The number of aromatic nitrogens is 3. The van der Waals surface area contributed by atoms with E-state index in [-0.39, 0.29) is 18.1 Å². The molecule has 0 aliphatic heterocycles. The van der Waals surface area contributed by atoms with Crippen molar-refractivity contribution in [3.63, 3.8) is 0 Å². The van der Waals surface area contributed by atoms with Crippen LogP contribution in [0.1, 0.15) is 37.0 Å². The van der Waals surface area contributed by atoms with Gasteiger partial charge in [0.15, 0.2) is 0 Å². The summed E-state index contributed by atoms with van der Waals surface area (Å²) in [6.45, 7) is 3.52. The zero-order valence-electron chi connectivity index (χ0n) is 16.8. The maximum absolute atomic E-state index is 12.4. The van der Waals surface area contributed by atoms with Crippen LogP contribution in [-0.4, -0.2) is 26.5 Å². The van der Waals surface area contributed by atoms with Crippen molar-refractivity contribution in [2.45, 2.75) is 20.5 Å². The van der Waals surface area contributed by atoms with Gasteiger partial charge in [-0.1, -0.05) is 29.5 Å². The van der Waals surface area contributed by atoms with E-state index in [2.05, 4.69) is 15.4 Å². The number of carbonyl (C=O) groups is 2. The third-order valence-electron chi connectivity index (χ3n) is 4.52. The highest BCUT2D eigenvalue weighted by Gasteiger charge is 2.12. The highest BCUT2D eigenvalue weighted by molar-refractivity contribution is 7.16. The average molecular weight is 434 g/mol. The van der Waals surface area contributed by atoms with Crippen LogP contribution in [0, 0.1) is 13.8 Å². The van der Waals surface area contributed by atoms with Crippen LogP contribution in [0.3, 0.4) is 0 Å². The molecule has 8 nitrogen and oxygen atoms in total. The number of nitrogens with one attached hydrogen (secondary N) is 1. The van der Waals surface area contributed by atoms with Gasteiger partial charge in [0.2, 0.25) is 4.96 Å². The van der Waals surface area contributed by atoms with Gasteiger partial charge in [0.1, 0.15) is 11.6 Å². The summed E-state index contributed by atoms with van der Waals surface area (Å²) in [4.78, 5) is 41.6. The lowest BCUT2D eigenvalue weighted by atomic mass is 10.1. The first-order chi connectivity index (χ1) is 14.9. The highest BCUT2D eigenvalue weighted by atomic mass is 32.1. The predicted molar refractivity (Wildman–Crippen MR) is 117 cm³/mol. The minimum atomic E-state index is -0.556. The lowest BCUT2D eigenvalue weighted by Gasteiger charge is -2.08. The number of aryl methyl sites for hydroxylation is 2. The van der Waals surface area contributed by atoms with Crippen molar-refractivity contribution in [3.05, 3.63) is 92.3 Å². The predicted octanol–water partition coefficient (Wildman–Crippen LogP) is 3.38. The first-order valence-electron chi connectivity index (χ1n) is 9.41. The molecule has 0 spiro atoms. The molecule has 2 heterocycles. The lowest BCUT2D eigenvalue weighted by Crippen LogP contribution is -2.16. The number of hydrogen-bond donors (Lipinski definition) is 1.